The van der Waals surface area contributed by atoms with Crippen molar-refractivity contribution in [3.8, 4) is 11.4 Å². The van der Waals surface area contributed by atoms with Gasteiger partial charge in [0.05, 0.1) is 37.8 Å². The molecule has 0 aliphatic rings. The summed E-state index contributed by atoms with van der Waals surface area (Å²) in [6, 6.07) is 9.13. The Bertz CT molecular complexity index is 1450. The highest BCUT2D eigenvalue weighted by Crippen LogP contribution is 2.29. The molecule has 5 aromatic rings. The predicted octanol–water partition coefficient (Wildman–Crippen LogP) is 1.28. The summed E-state index contributed by atoms with van der Waals surface area (Å²) < 4.78 is 10.2. The van der Waals surface area contributed by atoms with Gasteiger partial charge in [-0.25, -0.2) is 4.98 Å². The maximum Gasteiger partial charge on any atom is 0.179 e. The number of nitrogens with zero attached hydrogens (tertiary/aromatic N) is 9. The smallest absolute Gasteiger partial charge is 0.179 e. The minimum absolute atomic E-state index is 0.00180. The van der Waals surface area contributed by atoms with Crippen LogP contribution in [0.5, 0.6) is 5.75 Å². The molecule has 5 rings (SSSR count). The number of aliphatic hydroxyl groups is 1. The molecular formula is C20H22N12O2. The van der Waals surface area contributed by atoms with E-state index >= 15 is 0 Å². The molecule has 0 saturated carbocycles. The number of methoxy groups -OCH3 is 1. The molecular weight excluding hydrogens is 440 g/mol. The fourth-order valence-corrected chi connectivity index (χ4v) is 3.45. The van der Waals surface area contributed by atoms with Crippen molar-refractivity contribution in [2.45, 2.75) is 13.5 Å². The highest BCUT2D eigenvalue weighted by atomic mass is 16.5. The average molecular weight is 462 g/mol. The predicted molar refractivity (Wildman–Crippen MR) is 124 cm³/mol. The molecule has 0 saturated heterocycles. The van der Waals surface area contributed by atoms with Crippen LogP contribution < -0.4 is 21.1 Å². The van der Waals surface area contributed by atoms with E-state index in [0.29, 0.717) is 52.6 Å². The van der Waals surface area contributed by atoms with Crippen molar-refractivity contribution in [3.05, 3.63) is 48.5 Å². The third-order valence-corrected chi connectivity index (χ3v) is 5.00. The van der Waals surface area contributed by atoms with E-state index in [-0.39, 0.29) is 6.61 Å². The molecule has 0 bridgehead atoms. The third kappa shape index (κ3) is 4.04. The summed E-state index contributed by atoms with van der Waals surface area (Å²) in [5.41, 5.74) is 8.69. The Hall–Kier alpha value is -4.72. The molecule has 0 spiro atoms. The number of aromatic nitrogens is 9. The summed E-state index contributed by atoms with van der Waals surface area (Å²) >= 11 is 0. The van der Waals surface area contributed by atoms with E-state index in [0.717, 1.165) is 5.69 Å². The highest BCUT2D eigenvalue weighted by Gasteiger charge is 2.13. The van der Waals surface area contributed by atoms with Gasteiger partial charge in [0.1, 0.15) is 11.6 Å². The average Bonchev–Trinajstić information content (AvgIpc) is 3.55. The Labute approximate surface area is 193 Å². The number of imidazole rings is 1. The van der Waals surface area contributed by atoms with E-state index in [1.165, 1.54) is 10.7 Å². The van der Waals surface area contributed by atoms with Gasteiger partial charge in [-0.15, -0.1) is 10.2 Å². The van der Waals surface area contributed by atoms with Gasteiger partial charge < -0.3 is 26.2 Å². The minimum atomic E-state index is -0.00180. The Morgan fingerprint density at radius 2 is 2.00 bits per heavy atom. The zero-order valence-corrected chi connectivity index (χ0v) is 18.4. The van der Waals surface area contributed by atoms with Gasteiger partial charge in [0, 0.05) is 36.1 Å². The van der Waals surface area contributed by atoms with Crippen LogP contribution in [0.1, 0.15) is 5.82 Å². The maximum absolute atomic E-state index is 9.13. The normalized spacial score (nSPS) is 11.1. The van der Waals surface area contributed by atoms with Crippen LogP contribution in [0.15, 0.2) is 42.7 Å². The molecule has 14 nitrogen and oxygen atoms in total. The second-order valence-corrected chi connectivity index (χ2v) is 7.36. The Morgan fingerprint density at radius 3 is 2.76 bits per heavy atom. The number of fused-ring (bicyclic) bond motifs is 1. The van der Waals surface area contributed by atoms with E-state index in [1.54, 1.807) is 34.8 Å². The Morgan fingerprint density at radius 1 is 1.12 bits per heavy atom. The second-order valence-electron chi connectivity index (χ2n) is 7.36. The number of aryl methyl sites for hydroxylation is 1. The monoisotopic (exact) mass is 462 g/mol. The van der Waals surface area contributed by atoms with Crippen molar-refractivity contribution >= 4 is 34.5 Å². The van der Waals surface area contributed by atoms with Gasteiger partial charge in [-0.2, -0.15) is 14.3 Å². The number of benzene rings is 1. The first kappa shape index (κ1) is 21.1. The van der Waals surface area contributed by atoms with Gasteiger partial charge in [0.25, 0.3) is 0 Å². The van der Waals surface area contributed by atoms with Crippen LogP contribution in [0.2, 0.25) is 0 Å². The van der Waals surface area contributed by atoms with Crippen LogP contribution in [0.3, 0.4) is 0 Å². The number of ether oxygens (including phenoxy) is 1. The third-order valence-electron chi connectivity index (χ3n) is 5.00. The summed E-state index contributed by atoms with van der Waals surface area (Å²) in [5, 5.41) is 36.3. The van der Waals surface area contributed by atoms with Crippen molar-refractivity contribution in [2.75, 3.05) is 30.1 Å². The van der Waals surface area contributed by atoms with Crippen LogP contribution in [0, 0.1) is 6.92 Å². The molecule has 5 N–H and O–H groups in total. The molecule has 1 aromatic carbocycles. The number of rotatable bonds is 8. The van der Waals surface area contributed by atoms with Gasteiger partial charge in [-0.3, -0.25) is 4.68 Å². The number of nitrogens with one attached hydrogen (secondary N) is 2. The molecule has 34 heavy (non-hydrogen) atoms. The molecule has 4 heterocycles. The van der Waals surface area contributed by atoms with Crippen LogP contribution in [0.4, 0.5) is 28.8 Å². The fraction of sp³-hybridized carbons (Fsp3) is 0.200. The Balaban J connectivity index is 1.52. The van der Waals surface area contributed by atoms with Gasteiger partial charge in [-0.05, 0) is 23.4 Å². The molecule has 4 aromatic heterocycles. The van der Waals surface area contributed by atoms with E-state index in [2.05, 4.69) is 41.3 Å². The number of nitrogen functional groups attached to an aromatic ring is 1. The van der Waals surface area contributed by atoms with Crippen LogP contribution in [0.25, 0.3) is 11.3 Å². The quantitative estimate of drug-likeness (QED) is 0.262. The minimum Gasteiger partial charge on any atom is -0.497 e. The first-order valence-electron chi connectivity index (χ1n) is 10.3. The van der Waals surface area contributed by atoms with Crippen LogP contribution >= 0.6 is 0 Å². The summed E-state index contributed by atoms with van der Waals surface area (Å²) in [4.78, 5) is 4.36. The molecule has 0 radical (unpaired) electrons. The molecule has 0 unspecified atom stereocenters. The number of hydrogen-bond donors (Lipinski definition) is 4. The molecule has 14 heteroatoms. The highest BCUT2D eigenvalue weighted by molar-refractivity contribution is 5.77. The van der Waals surface area contributed by atoms with Gasteiger partial charge >= 0.3 is 0 Å². The lowest BCUT2D eigenvalue weighted by Gasteiger charge is -2.13. The standard InChI is InChI=1S/C20H22N12O2/c1-12-25-28-29-31(12)14-7-13(8-15(9-14)34-2)23-19-10-16(20-22-11-17(21)32(20)27-19)24-18-3-4-30(26-18)5-6-33/h3-4,7-11,33H,5-6,21H2,1-2H3,(H,23,27)(H,24,26). The van der Waals surface area contributed by atoms with Crippen molar-refractivity contribution in [3.63, 3.8) is 0 Å². The van der Waals surface area contributed by atoms with E-state index in [1.807, 2.05) is 25.1 Å². The second kappa shape index (κ2) is 8.67. The molecule has 0 aliphatic carbocycles. The van der Waals surface area contributed by atoms with Crippen molar-refractivity contribution in [2.24, 2.45) is 0 Å². The number of nitrogens with two attached hydrogens (primary N) is 1. The summed E-state index contributed by atoms with van der Waals surface area (Å²) in [6.07, 6.45) is 3.31. The van der Waals surface area contributed by atoms with Crippen molar-refractivity contribution < 1.29 is 9.84 Å². The molecule has 174 valence electrons. The lowest BCUT2D eigenvalue weighted by molar-refractivity contribution is 0.269. The molecule has 0 amide bonds. The van der Waals surface area contributed by atoms with Crippen molar-refractivity contribution in [1.29, 1.82) is 0 Å². The summed E-state index contributed by atoms with van der Waals surface area (Å²) in [5.74, 6) is 2.72. The lowest BCUT2D eigenvalue weighted by atomic mass is 10.2. The fourth-order valence-electron chi connectivity index (χ4n) is 3.45. The molecule has 0 aliphatic heterocycles. The lowest BCUT2D eigenvalue weighted by Crippen LogP contribution is -2.07. The first-order valence-corrected chi connectivity index (χ1v) is 10.3. The number of tetrazole rings is 1. The number of hydrogen-bond acceptors (Lipinski definition) is 11. The molecule has 0 atom stereocenters. The van der Waals surface area contributed by atoms with Crippen molar-refractivity contribution in [1.82, 2.24) is 44.6 Å². The van der Waals surface area contributed by atoms with E-state index < -0.39 is 0 Å². The SMILES string of the molecule is COc1cc(Nc2cc(Nc3ccn(CCO)n3)c3ncc(N)n3n2)cc(-n2nnnc2C)c1. The molecule has 0 fully saturated rings. The van der Waals surface area contributed by atoms with E-state index in [4.69, 9.17) is 15.6 Å². The zero-order valence-electron chi connectivity index (χ0n) is 18.4. The van der Waals surface area contributed by atoms with Gasteiger partial charge in [0.15, 0.2) is 23.1 Å². The van der Waals surface area contributed by atoms with E-state index in [9.17, 15) is 0 Å². The zero-order chi connectivity index (χ0) is 23.7. The maximum atomic E-state index is 9.13. The van der Waals surface area contributed by atoms with Crippen LogP contribution in [-0.4, -0.2) is 63.4 Å². The summed E-state index contributed by atoms with van der Waals surface area (Å²) in [6.45, 7) is 2.21. The van der Waals surface area contributed by atoms with Gasteiger partial charge in [-0.1, -0.05) is 0 Å². The first-order chi connectivity index (χ1) is 16.5. The van der Waals surface area contributed by atoms with Gasteiger partial charge in [0.2, 0.25) is 0 Å². The van der Waals surface area contributed by atoms with Crippen LogP contribution in [-0.2, 0) is 6.54 Å². The Kier molecular flexibility index (Phi) is 5.39. The largest absolute Gasteiger partial charge is 0.497 e. The summed E-state index contributed by atoms with van der Waals surface area (Å²) in [7, 11) is 1.59. The number of anilines is 5. The number of aliphatic hydroxyl groups excluding tert-OH is 1. The topological polar surface area (TPSA) is 171 Å².